The van der Waals surface area contributed by atoms with E-state index in [1.165, 1.54) is 17.7 Å². The third kappa shape index (κ3) is 4.53. The van der Waals surface area contributed by atoms with E-state index in [-0.39, 0.29) is 11.7 Å². The minimum atomic E-state index is -0.249. The van der Waals surface area contributed by atoms with Crippen LogP contribution in [0.5, 0.6) is 0 Å². The second kappa shape index (κ2) is 6.89. The van der Waals surface area contributed by atoms with Gasteiger partial charge in [-0.15, -0.1) is 0 Å². The molecule has 1 heterocycles. The molecule has 4 heteroatoms. The Hall–Kier alpha value is -2.10. The Kier molecular flexibility index (Phi) is 4.93. The highest BCUT2D eigenvalue weighted by molar-refractivity contribution is 5.76. The third-order valence-electron chi connectivity index (χ3n) is 3.18. The van der Waals surface area contributed by atoms with E-state index in [1.807, 2.05) is 30.1 Å². The maximum atomic E-state index is 12.7. The van der Waals surface area contributed by atoms with Gasteiger partial charge >= 0.3 is 0 Å². The van der Waals surface area contributed by atoms with E-state index in [2.05, 4.69) is 5.32 Å². The minimum absolute atomic E-state index is 0.0326. The second-order valence-corrected chi connectivity index (χ2v) is 4.91. The second-order valence-electron chi connectivity index (χ2n) is 4.91. The average molecular weight is 274 g/mol. The molecule has 2 rings (SSSR count). The molecule has 0 aliphatic heterocycles. The van der Waals surface area contributed by atoms with E-state index in [4.69, 9.17) is 0 Å². The summed E-state index contributed by atoms with van der Waals surface area (Å²) in [7, 11) is 1.98. The molecule has 1 N–H and O–H groups in total. The van der Waals surface area contributed by atoms with Crippen molar-refractivity contribution >= 4 is 5.91 Å². The van der Waals surface area contributed by atoms with E-state index in [1.54, 1.807) is 12.1 Å². The molecular weight excluding hydrogens is 255 g/mol. The third-order valence-corrected chi connectivity index (χ3v) is 3.18. The van der Waals surface area contributed by atoms with Crippen molar-refractivity contribution in [2.45, 2.75) is 19.3 Å². The Morgan fingerprint density at radius 3 is 2.55 bits per heavy atom. The molecule has 1 amide bonds. The van der Waals surface area contributed by atoms with Crippen molar-refractivity contribution in [3.8, 4) is 0 Å². The topological polar surface area (TPSA) is 34.0 Å². The summed E-state index contributed by atoms with van der Waals surface area (Å²) in [6.07, 6.45) is 5.94. The summed E-state index contributed by atoms with van der Waals surface area (Å²) in [6.45, 7) is 0.645. The highest BCUT2D eigenvalue weighted by Gasteiger charge is 2.03. The lowest BCUT2D eigenvalue weighted by Crippen LogP contribution is -2.25. The first-order valence-corrected chi connectivity index (χ1v) is 6.75. The molecule has 0 saturated heterocycles. The Labute approximate surface area is 118 Å². The molecule has 0 fully saturated rings. The summed E-state index contributed by atoms with van der Waals surface area (Å²) in [5.74, 6) is -0.216. The lowest BCUT2D eigenvalue weighted by Gasteiger charge is -2.04. The van der Waals surface area contributed by atoms with Crippen molar-refractivity contribution < 1.29 is 9.18 Å². The standard InChI is InChI=1S/C16H19FN2O/c1-19-11-9-14(12-19)8-10-18-16(20)7-4-13-2-5-15(17)6-3-13/h2-3,5-6,9,11-12H,4,7-8,10H2,1H3,(H,18,20). The number of aryl methyl sites for hydroxylation is 2. The number of carbonyl (C=O) groups is 1. The normalized spacial score (nSPS) is 10.5. The number of halogens is 1. The van der Waals surface area contributed by atoms with Crippen LogP contribution in [-0.2, 0) is 24.7 Å². The quantitative estimate of drug-likeness (QED) is 0.862. The summed E-state index contributed by atoms with van der Waals surface area (Å²) >= 11 is 0. The first-order chi connectivity index (χ1) is 9.63. The Morgan fingerprint density at radius 2 is 1.90 bits per heavy atom. The molecule has 0 radical (unpaired) electrons. The van der Waals surface area contributed by atoms with E-state index < -0.39 is 0 Å². The first kappa shape index (κ1) is 14.3. The Morgan fingerprint density at radius 1 is 1.15 bits per heavy atom. The highest BCUT2D eigenvalue weighted by atomic mass is 19.1. The molecule has 1 aromatic heterocycles. The van der Waals surface area contributed by atoms with Crippen LogP contribution in [0.25, 0.3) is 0 Å². The van der Waals surface area contributed by atoms with Gasteiger partial charge in [0, 0.05) is 32.4 Å². The lowest BCUT2D eigenvalue weighted by molar-refractivity contribution is -0.121. The maximum Gasteiger partial charge on any atom is 0.220 e. The van der Waals surface area contributed by atoms with Crippen LogP contribution in [0, 0.1) is 5.82 Å². The number of aromatic nitrogens is 1. The molecule has 106 valence electrons. The van der Waals surface area contributed by atoms with Crippen molar-refractivity contribution in [3.05, 3.63) is 59.7 Å². The summed E-state index contributed by atoms with van der Waals surface area (Å²) < 4.78 is 14.7. The van der Waals surface area contributed by atoms with Crippen LogP contribution in [0.4, 0.5) is 4.39 Å². The maximum absolute atomic E-state index is 12.7. The summed E-state index contributed by atoms with van der Waals surface area (Å²) in [4.78, 5) is 11.7. The molecule has 3 nitrogen and oxygen atoms in total. The van der Waals surface area contributed by atoms with Crippen LogP contribution in [0.3, 0.4) is 0 Å². The van der Waals surface area contributed by atoms with Crippen LogP contribution in [0.1, 0.15) is 17.5 Å². The fourth-order valence-corrected chi connectivity index (χ4v) is 2.05. The molecular formula is C16H19FN2O. The predicted octanol–water partition coefficient (Wildman–Crippen LogP) is 2.46. The highest BCUT2D eigenvalue weighted by Crippen LogP contribution is 2.05. The van der Waals surface area contributed by atoms with Gasteiger partial charge < -0.3 is 9.88 Å². The molecule has 0 bridgehead atoms. The number of nitrogens with one attached hydrogen (secondary N) is 1. The number of rotatable bonds is 6. The average Bonchev–Trinajstić information content (AvgIpc) is 2.84. The van der Waals surface area contributed by atoms with Crippen LogP contribution >= 0.6 is 0 Å². The van der Waals surface area contributed by atoms with Gasteiger partial charge in [0.2, 0.25) is 5.91 Å². The van der Waals surface area contributed by atoms with Gasteiger partial charge in [-0.2, -0.15) is 0 Å². The lowest BCUT2D eigenvalue weighted by atomic mass is 10.1. The minimum Gasteiger partial charge on any atom is -0.357 e. The van der Waals surface area contributed by atoms with E-state index >= 15 is 0 Å². The van der Waals surface area contributed by atoms with E-state index in [0.717, 1.165) is 12.0 Å². The summed E-state index contributed by atoms with van der Waals surface area (Å²) in [6, 6.07) is 8.31. The molecule has 1 aromatic carbocycles. The molecule has 0 aliphatic rings. The Balaban J connectivity index is 1.66. The van der Waals surface area contributed by atoms with Gasteiger partial charge in [0.1, 0.15) is 5.82 Å². The number of benzene rings is 1. The van der Waals surface area contributed by atoms with Gasteiger partial charge in [-0.25, -0.2) is 4.39 Å². The van der Waals surface area contributed by atoms with Crippen molar-refractivity contribution in [2.75, 3.05) is 6.54 Å². The smallest absolute Gasteiger partial charge is 0.220 e. The SMILES string of the molecule is Cn1ccc(CCNC(=O)CCc2ccc(F)cc2)c1. The van der Waals surface area contributed by atoms with Crippen molar-refractivity contribution in [3.63, 3.8) is 0 Å². The zero-order chi connectivity index (χ0) is 14.4. The summed E-state index contributed by atoms with van der Waals surface area (Å²) in [5, 5.41) is 2.90. The molecule has 0 unspecified atom stereocenters. The first-order valence-electron chi connectivity index (χ1n) is 6.75. The van der Waals surface area contributed by atoms with E-state index in [0.29, 0.717) is 19.4 Å². The molecule has 0 spiro atoms. The van der Waals surface area contributed by atoms with Gasteiger partial charge in [0.05, 0.1) is 0 Å². The summed E-state index contributed by atoms with van der Waals surface area (Å²) in [5.41, 5.74) is 2.19. The van der Waals surface area contributed by atoms with Gasteiger partial charge in [-0.1, -0.05) is 12.1 Å². The Bertz CT molecular complexity index is 560. The fourth-order valence-electron chi connectivity index (χ4n) is 2.05. The zero-order valence-electron chi connectivity index (χ0n) is 11.6. The molecule has 0 atom stereocenters. The largest absolute Gasteiger partial charge is 0.357 e. The molecule has 0 aliphatic carbocycles. The number of nitrogens with zero attached hydrogens (tertiary/aromatic N) is 1. The van der Waals surface area contributed by atoms with E-state index in [9.17, 15) is 9.18 Å². The fraction of sp³-hybridized carbons (Fsp3) is 0.312. The van der Waals surface area contributed by atoms with Gasteiger partial charge in [0.15, 0.2) is 0 Å². The molecule has 2 aromatic rings. The van der Waals surface area contributed by atoms with Gasteiger partial charge in [-0.3, -0.25) is 4.79 Å². The van der Waals surface area contributed by atoms with Crippen LogP contribution < -0.4 is 5.32 Å². The van der Waals surface area contributed by atoms with Gasteiger partial charge in [0.25, 0.3) is 0 Å². The predicted molar refractivity (Wildman–Crippen MR) is 76.8 cm³/mol. The van der Waals surface area contributed by atoms with Crippen molar-refractivity contribution in [1.82, 2.24) is 9.88 Å². The van der Waals surface area contributed by atoms with Crippen molar-refractivity contribution in [2.24, 2.45) is 7.05 Å². The van der Waals surface area contributed by atoms with Crippen LogP contribution in [0.15, 0.2) is 42.7 Å². The number of carbonyl (C=O) groups excluding carboxylic acids is 1. The number of hydrogen-bond donors (Lipinski definition) is 1. The monoisotopic (exact) mass is 274 g/mol. The van der Waals surface area contributed by atoms with Crippen molar-refractivity contribution in [1.29, 1.82) is 0 Å². The van der Waals surface area contributed by atoms with Crippen LogP contribution in [0.2, 0.25) is 0 Å². The van der Waals surface area contributed by atoms with Crippen LogP contribution in [-0.4, -0.2) is 17.0 Å². The molecule has 0 saturated carbocycles. The number of amides is 1. The zero-order valence-corrected chi connectivity index (χ0v) is 11.6. The number of hydrogen-bond acceptors (Lipinski definition) is 1. The molecule has 20 heavy (non-hydrogen) atoms. The van der Waals surface area contributed by atoms with Gasteiger partial charge in [-0.05, 0) is 42.2 Å².